The van der Waals surface area contributed by atoms with Crippen LogP contribution in [0.4, 0.5) is 0 Å². The molecule has 0 fully saturated rings. The minimum atomic E-state index is 0.239. The first-order chi connectivity index (χ1) is 4.41. The van der Waals surface area contributed by atoms with Crippen LogP contribution in [0.15, 0.2) is 12.7 Å². The van der Waals surface area contributed by atoms with Crippen LogP contribution in [0.2, 0.25) is 0 Å². The predicted octanol–water partition coefficient (Wildman–Crippen LogP) is 1.34. The summed E-state index contributed by atoms with van der Waals surface area (Å²) in [5.41, 5.74) is 0. The average Bonchev–Trinajstić information content (AvgIpc) is 1.89. The summed E-state index contributed by atoms with van der Waals surface area (Å²) in [7, 11) is 0. The highest BCUT2D eigenvalue weighted by atomic mass is 16.2. The summed E-state index contributed by atoms with van der Waals surface area (Å²) in [6, 6.07) is 0. The molecule has 0 aromatic heterocycles. The molecule has 0 radical (unpaired) electrons. The minimum absolute atomic E-state index is 0.239. The van der Waals surface area contributed by atoms with E-state index in [4.69, 9.17) is 5.11 Å². The minimum Gasteiger partial charge on any atom is -0.396 e. The zero-order valence-electron chi connectivity index (χ0n) is 5.56. The third-order valence-corrected chi connectivity index (χ3v) is 0.831. The quantitative estimate of drug-likeness (QED) is 0.342. The average molecular weight is 124 g/mol. The van der Waals surface area contributed by atoms with E-state index in [2.05, 4.69) is 18.4 Å². The second-order valence-corrected chi connectivity index (χ2v) is 1.67. The molecule has 1 N–H and O–H groups in total. The summed E-state index contributed by atoms with van der Waals surface area (Å²) in [6.45, 7) is 3.77. The van der Waals surface area contributed by atoms with Gasteiger partial charge < -0.3 is 5.11 Å². The summed E-state index contributed by atoms with van der Waals surface area (Å²) in [4.78, 5) is 0. The summed E-state index contributed by atoms with van der Waals surface area (Å²) < 4.78 is 0. The Labute approximate surface area is 56.4 Å². The third-order valence-electron chi connectivity index (χ3n) is 0.831. The van der Waals surface area contributed by atoms with E-state index in [0.717, 1.165) is 19.3 Å². The van der Waals surface area contributed by atoms with E-state index in [1.165, 1.54) is 0 Å². The molecule has 0 heterocycles. The number of unbranched alkanes of at least 4 members (excludes halogenated alkanes) is 1. The Morgan fingerprint density at radius 2 is 2.22 bits per heavy atom. The highest BCUT2D eigenvalue weighted by molar-refractivity contribution is 5.02. The van der Waals surface area contributed by atoms with Crippen molar-refractivity contribution < 1.29 is 5.11 Å². The van der Waals surface area contributed by atoms with Crippen LogP contribution in [0.1, 0.15) is 19.3 Å². The van der Waals surface area contributed by atoms with Gasteiger partial charge in [-0.25, -0.2) is 0 Å². The summed E-state index contributed by atoms with van der Waals surface area (Å²) in [5.74, 6) is 5.80. The molecule has 1 heteroatoms. The summed E-state index contributed by atoms with van der Waals surface area (Å²) >= 11 is 0. The fourth-order valence-electron chi connectivity index (χ4n) is 0.400. The van der Waals surface area contributed by atoms with Crippen molar-refractivity contribution in [3.63, 3.8) is 0 Å². The van der Waals surface area contributed by atoms with Crippen LogP contribution in [-0.4, -0.2) is 11.7 Å². The molecule has 0 saturated carbocycles. The molecular weight excluding hydrogens is 112 g/mol. The number of allylic oxidation sites excluding steroid dienone is 1. The van der Waals surface area contributed by atoms with Crippen molar-refractivity contribution in [3.8, 4) is 11.8 Å². The molecule has 0 aromatic rings. The van der Waals surface area contributed by atoms with Crippen LogP contribution in [0.25, 0.3) is 0 Å². The SMILES string of the molecule is C=CCC#CCCCO. The fraction of sp³-hybridized carbons (Fsp3) is 0.500. The summed E-state index contributed by atoms with van der Waals surface area (Å²) in [6.07, 6.45) is 4.10. The van der Waals surface area contributed by atoms with Crippen LogP contribution in [0.3, 0.4) is 0 Å². The van der Waals surface area contributed by atoms with Crippen LogP contribution in [-0.2, 0) is 0 Å². The van der Waals surface area contributed by atoms with E-state index in [1.54, 1.807) is 6.08 Å². The van der Waals surface area contributed by atoms with Gasteiger partial charge in [-0.05, 0) is 6.42 Å². The Bertz CT molecular complexity index is 116. The molecule has 1 nitrogen and oxygen atoms in total. The Morgan fingerprint density at radius 3 is 2.78 bits per heavy atom. The Kier molecular flexibility index (Phi) is 6.66. The van der Waals surface area contributed by atoms with Gasteiger partial charge in [0.1, 0.15) is 0 Å². The fourth-order valence-corrected chi connectivity index (χ4v) is 0.400. The largest absolute Gasteiger partial charge is 0.396 e. The van der Waals surface area contributed by atoms with E-state index in [-0.39, 0.29) is 6.61 Å². The second-order valence-electron chi connectivity index (χ2n) is 1.67. The lowest BCUT2D eigenvalue weighted by Crippen LogP contribution is -1.78. The third kappa shape index (κ3) is 7.26. The highest BCUT2D eigenvalue weighted by Gasteiger charge is 1.75. The predicted molar refractivity (Wildman–Crippen MR) is 38.9 cm³/mol. The van der Waals surface area contributed by atoms with E-state index in [1.807, 2.05) is 0 Å². The van der Waals surface area contributed by atoms with Crippen molar-refractivity contribution in [1.29, 1.82) is 0 Å². The first-order valence-electron chi connectivity index (χ1n) is 3.09. The normalized spacial score (nSPS) is 7.67. The topological polar surface area (TPSA) is 20.2 Å². The molecule has 0 bridgehead atoms. The molecule has 0 rings (SSSR count). The highest BCUT2D eigenvalue weighted by Crippen LogP contribution is 1.83. The molecular formula is C8H12O. The van der Waals surface area contributed by atoms with E-state index >= 15 is 0 Å². The zero-order chi connectivity index (χ0) is 6.95. The van der Waals surface area contributed by atoms with Gasteiger partial charge in [-0.15, -0.1) is 12.5 Å². The number of hydrogen-bond donors (Lipinski definition) is 1. The molecule has 0 amide bonds. The number of hydrogen-bond acceptors (Lipinski definition) is 1. The molecule has 0 aliphatic heterocycles. The van der Waals surface area contributed by atoms with Gasteiger partial charge in [0.05, 0.1) is 0 Å². The number of aliphatic hydroxyl groups is 1. The van der Waals surface area contributed by atoms with Crippen LogP contribution in [0.5, 0.6) is 0 Å². The lowest BCUT2D eigenvalue weighted by Gasteiger charge is -1.82. The van der Waals surface area contributed by atoms with Gasteiger partial charge in [0.2, 0.25) is 0 Å². The Morgan fingerprint density at radius 1 is 1.44 bits per heavy atom. The molecule has 0 aliphatic rings. The smallest absolute Gasteiger partial charge is 0.0440 e. The second kappa shape index (κ2) is 7.26. The molecule has 50 valence electrons. The monoisotopic (exact) mass is 124 g/mol. The van der Waals surface area contributed by atoms with Crippen LogP contribution >= 0.6 is 0 Å². The summed E-state index contributed by atoms with van der Waals surface area (Å²) in [5, 5.41) is 8.33. The van der Waals surface area contributed by atoms with Crippen molar-refractivity contribution in [2.75, 3.05) is 6.61 Å². The van der Waals surface area contributed by atoms with E-state index < -0.39 is 0 Å². The van der Waals surface area contributed by atoms with Gasteiger partial charge in [0.15, 0.2) is 0 Å². The maximum Gasteiger partial charge on any atom is 0.0440 e. The number of rotatable bonds is 3. The maximum absolute atomic E-state index is 8.33. The van der Waals surface area contributed by atoms with Crippen molar-refractivity contribution in [1.82, 2.24) is 0 Å². The first kappa shape index (κ1) is 8.26. The number of aliphatic hydroxyl groups excluding tert-OH is 1. The van der Waals surface area contributed by atoms with Gasteiger partial charge in [-0.2, -0.15) is 0 Å². The van der Waals surface area contributed by atoms with Crippen LogP contribution < -0.4 is 0 Å². The zero-order valence-corrected chi connectivity index (χ0v) is 5.56. The molecule has 0 atom stereocenters. The van der Waals surface area contributed by atoms with Crippen LogP contribution in [0, 0.1) is 11.8 Å². The Balaban J connectivity index is 3.05. The standard InChI is InChI=1S/C8H12O/c1-2-3-4-5-6-7-8-9/h2,9H,1,3,6-8H2. The molecule has 0 aromatic carbocycles. The first-order valence-corrected chi connectivity index (χ1v) is 3.09. The maximum atomic E-state index is 8.33. The molecule has 0 unspecified atom stereocenters. The van der Waals surface area contributed by atoms with E-state index in [0.29, 0.717) is 0 Å². The van der Waals surface area contributed by atoms with Crippen molar-refractivity contribution in [2.24, 2.45) is 0 Å². The van der Waals surface area contributed by atoms with Gasteiger partial charge >= 0.3 is 0 Å². The molecule has 0 saturated heterocycles. The van der Waals surface area contributed by atoms with E-state index in [9.17, 15) is 0 Å². The van der Waals surface area contributed by atoms with Gasteiger partial charge in [-0.3, -0.25) is 0 Å². The van der Waals surface area contributed by atoms with Gasteiger partial charge in [-0.1, -0.05) is 12.0 Å². The Hall–Kier alpha value is -0.740. The lowest BCUT2D eigenvalue weighted by atomic mass is 10.3. The van der Waals surface area contributed by atoms with Gasteiger partial charge in [0, 0.05) is 19.4 Å². The molecule has 0 aliphatic carbocycles. The molecule has 0 spiro atoms. The van der Waals surface area contributed by atoms with Crippen molar-refractivity contribution in [3.05, 3.63) is 12.7 Å². The molecule has 9 heavy (non-hydrogen) atoms. The van der Waals surface area contributed by atoms with Crippen molar-refractivity contribution >= 4 is 0 Å². The van der Waals surface area contributed by atoms with Crippen molar-refractivity contribution in [2.45, 2.75) is 19.3 Å². The van der Waals surface area contributed by atoms with Gasteiger partial charge in [0.25, 0.3) is 0 Å². The lowest BCUT2D eigenvalue weighted by molar-refractivity contribution is 0.290.